The van der Waals surface area contributed by atoms with Crippen molar-refractivity contribution in [2.45, 2.75) is 13.5 Å². The highest BCUT2D eigenvalue weighted by molar-refractivity contribution is 5.93. The summed E-state index contributed by atoms with van der Waals surface area (Å²) in [5.74, 6) is -0.103. The molecule has 4 nitrogen and oxygen atoms in total. The number of fused-ring (bicyclic) bond motifs is 1. The number of rotatable bonds is 3. The van der Waals surface area contributed by atoms with Crippen LogP contribution < -0.4 is 5.32 Å². The fourth-order valence-corrected chi connectivity index (χ4v) is 2.11. The van der Waals surface area contributed by atoms with E-state index in [1.54, 1.807) is 22.9 Å². The lowest BCUT2D eigenvalue weighted by Gasteiger charge is -2.07. The fraction of sp³-hybridized carbons (Fsp3) is 0.125. The molecule has 2 aromatic heterocycles. The number of aromatic nitrogens is 2. The van der Waals surface area contributed by atoms with Crippen LogP contribution in [-0.4, -0.2) is 15.3 Å². The van der Waals surface area contributed by atoms with Crippen LogP contribution in [0.1, 0.15) is 21.6 Å². The summed E-state index contributed by atoms with van der Waals surface area (Å²) in [5, 5.41) is 2.93. The first-order valence-corrected chi connectivity index (χ1v) is 6.50. The molecule has 0 aliphatic heterocycles. The summed E-state index contributed by atoms with van der Waals surface area (Å²) in [6, 6.07) is 13.6. The molecule has 3 aromatic rings. The van der Waals surface area contributed by atoms with Gasteiger partial charge in [0.2, 0.25) is 0 Å². The van der Waals surface area contributed by atoms with Crippen LogP contribution in [0.4, 0.5) is 0 Å². The largest absolute Gasteiger partial charge is 0.347 e. The second-order valence-electron chi connectivity index (χ2n) is 4.73. The Morgan fingerprint density at radius 1 is 1.20 bits per heavy atom. The van der Waals surface area contributed by atoms with Crippen LogP contribution in [-0.2, 0) is 6.54 Å². The Labute approximate surface area is 117 Å². The summed E-state index contributed by atoms with van der Waals surface area (Å²) in [6.45, 7) is 2.56. The van der Waals surface area contributed by atoms with E-state index >= 15 is 0 Å². The third kappa shape index (κ3) is 2.40. The number of imidazole rings is 1. The average Bonchev–Trinajstić information content (AvgIpc) is 2.94. The molecule has 4 heteroatoms. The van der Waals surface area contributed by atoms with Crippen LogP contribution in [0.2, 0.25) is 0 Å². The minimum absolute atomic E-state index is 0.103. The number of pyridine rings is 1. The summed E-state index contributed by atoms with van der Waals surface area (Å²) in [6.07, 6.45) is 3.47. The van der Waals surface area contributed by atoms with Gasteiger partial charge in [-0.1, -0.05) is 35.9 Å². The summed E-state index contributed by atoms with van der Waals surface area (Å²) in [4.78, 5) is 16.4. The quantitative estimate of drug-likeness (QED) is 0.791. The van der Waals surface area contributed by atoms with Gasteiger partial charge < -0.3 is 5.32 Å². The maximum absolute atomic E-state index is 12.2. The maximum atomic E-state index is 12.2. The Morgan fingerprint density at radius 3 is 2.80 bits per heavy atom. The highest BCUT2D eigenvalue weighted by Gasteiger charge is 2.09. The van der Waals surface area contributed by atoms with Gasteiger partial charge in [-0.05, 0) is 24.6 Å². The first-order valence-electron chi connectivity index (χ1n) is 6.50. The van der Waals surface area contributed by atoms with Gasteiger partial charge in [0.05, 0.1) is 0 Å². The van der Waals surface area contributed by atoms with E-state index in [0.29, 0.717) is 12.2 Å². The van der Waals surface area contributed by atoms with E-state index in [-0.39, 0.29) is 5.91 Å². The van der Waals surface area contributed by atoms with Gasteiger partial charge in [0.1, 0.15) is 11.3 Å². The summed E-state index contributed by atoms with van der Waals surface area (Å²) >= 11 is 0. The SMILES string of the molecule is Cc1ccc(CNC(=O)c2cccc3nccn23)cc1. The molecule has 0 bridgehead atoms. The highest BCUT2D eigenvalue weighted by atomic mass is 16.1. The van der Waals surface area contributed by atoms with Crippen molar-refractivity contribution in [2.75, 3.05) is 0 Å². The molecule has 0 aliphatic rings. The smallest absolute Gasteiger partial charge is 0.268 e. The molecule has 0 saturated heterocycles. The van der Waals surface area contributed by atoms with Crippen LogP contribution >= 0.6 is 0 Å². The Balaban J connectivity index is 1.76. The molecule has 0 aliphatic carbocycles. The predicted molar refractivity (Wildman–Crippen MR) is 77.5 cm³/mol. The van der Waals surface area contributed by atoms with Gasteiger partial charge in [-0.25, -0.2) is 4.98 Å². The monoisotopic (exact) mass is 265 g/mol. The molecule has 1 aromatic carbocycles. The minimum atomic E-state index is -0.103. The van der Waals surface area contributed by atoms with Crippen LogP contribution in [0.15, 0.2) is 54.9 Å². The number of hydrogen-bond donors (Lipinski definition) is 1. The molecule has 2 heterocycles. The first kappa shape index (κ1) is 12.4. The number of hydrogen-bond acceptors (Lipinski definition) is 2. The van der Waals surface area contributed by atoms with Gasteiger partial charge in [-0.15, -0.1) is 0 Å². The van der Waals surface area contributed by atoms with Crippen molar-refractivity contribution in [1.82, 2.24) is 14.7 Å². The summed E-state index contributed by atoms with van der Waals surface area (Å²) in [7, 11) is 0. The Kier molecular flexibility index (Phi) is 3.21. The van der Waals surface area contributed by atoms with Crippen LogP contribution in [0.25, 0.3) is 5.65 Å². The summed E-state index contributed by atoms with van der Waals surface area (Å²) < 4.78 is 1.78. The third-order valence-corrected chi connectivity index (χ3v) is 3.23. The number of nitrogens with zero attached hydrogens (tertiary/aromatic N) is 2. The van der Waals surface area contributed by atoms with Gasteiger partial charge in [0.25, 0.3) is 5.91 Å². The molecule has 0 spiro atoms. The standard InChI is InChI=1S/C16H15N3O/c1-12-5-7-13(8-6-12)11-18-16(20)14-3-2-4-15-17-9-10-19(14)15/h2-10H,11H2,1H3,(H,18,20). The fourth-order valence-electron chi connectivity index (χ4n) is 2.11. The second-order valence-corrected chi connectivity index (χ2v) is 4.73. The minimum Gasteiger partial charge on any atom is -0.347 e. The normalized spacial score (nSPS) is 10.7. The van der Waals surface area contributed by atoms with E-state index in [1.165, 1.54) is 5.56 Å². The van der Waals surface area contributed by atoms with Gasteiger partial charge >= 0.3 is 0 Å². The molecule has 0 saturated carbocycles. The lowest BCUT2D eigenvalue weighted by Crippen LogP contribution is -2.24. The van der Waals surface area contributed by atoms with E-state index in [4.69, 9.17) is 0 Å². The molecule has 0 radical (unpaired) electrons. The molecule has 0 atom stereocenters. The van der Waals surface area contributed by atoms with Gasteiger partial charge in [-0.3, -0.25) is 9.20 Å². The Bertz CT molecular complexity index is 744. The molecule has 3 rings (SSSR count). The van der Waals surface area contributed by atoms with Crippen molar-refractivity contribution in [3.8, 4) is 0 Å². The van der Waals surface area contributed by atoms with Gasteiger partial charge in [-0.2, -0.15) is 0 Å². The van der Waals surface area contributed by atoms with E-state index in [0.717, 1.165) is 11.2 Å². The average molecular weight is 265 g/mol. The first-order chi connectivity index (χ1) is 9.74. The topological polar surface area (TPSA) is 46.4 Å². The molecular formula is C16H15N3O. The van der Waals surface area contributed by atoms with E-state index in [2.05, 4.69) is 10.3 Å². The molecule has 1 N–H and O–H groups in total. The van der Waals surface area contributed by atoms with Crippen LogP contribution in [0, 0.1) is 6.92 Å². The third-order valence-electron chi connectivity index (χ3n) is 3.23. The van der Waals surface area contributed by atoms with Crippen molar-refractivity contribution in [3.63, 3.8) is 0 Å². The molecular weight excluding hydrogens is 250 g/mol. The zero-order chi connectivity index (χ0) is 13.9. The van der Waals surface area contributed by atoms with Crippen LogP contribution in [0.5, 0.6) is 0 Å². The molecule has 1 amide bonds. The number of aryl methyl sites for hydroxylation is 1. The van der Waals surface area contributed by atoms with Crippen molar-refractivity contribution in [1.29, 1.82) is 0 Å². The highest BCUT2D eigenvalue weighted by Crippen LogP contribution is 2.07. The Hall–Kier alpha value is -2.62. The number of carbonyl (C=O) groups is 1. The van der Waals surface area contributed by atoms with Gasteiger partial charge in [0.15, 0.2) is 0 Å². The van der Waals surface area contributed by atoms with E-state index in [9.17, 15) is 4.79 Å². The number of benzene rings is 1. The Morgan fingerprint density at radius 2 is 2.00 bits per heavy atom. The lowest BCUT2D eigenvalue weighted by molar-refractivity contribution is 0.0944. The molecule has 20 heavy (non-hydrogen) atoms. The van der Waals surface area contributed by atoms with Crippen molar-refractivity contribution in [3.05, 3.63) is 71.7 Å². The second kappa shape index (κ2) is 5.17. The van der Waals surface area contributed by atoms with Crippen molar-refractivity contribution < 1.29 is 4.79 Å². The molecule has 100 valence electrons. The number of carbonyl (C=O) groups excluding carboxylic acids is 1. The van der Waals surface area contributed by atoms with Crippen molar-refractivity contribution in [2.24, 2.45) is 0 Å². The number of nitrogens with one attached hydrogen (secondary N) is 1. The number of amides is 1. The lowest BCUT2D eigenvalue weighted by atomic mass is 10.1. The van der Waals surface area contributed by atoms with Gasteiger partial charge in [0, 0.05) is 18.9 Å². The predicted octanol–water partition coefficient (Wildman–Crippen LogP) is 2.57. The van der Waals surface area contributed by atoms with Crippen molar-refractivity contribution >= 4 is 11.6 Å². The zero-order valence-electron chi connectivity index (χ0n) is 11.2. The zero-order valence-corrected chi connectivity index (χ0v) is 11.2. The van der Waals surface area contributed by atoms with E-state index in [1.807, 2.05) is 43.3 Å². The van der Waals surface area contributed by atoms with E-state index < -0.39 is 0 Å². The maximum Gasteiger partial charge on any atom is 0.268 e. The molecule has 0 fully saturated rings. The van der Waals surface area contributed by atoms with Crippen LogP contribution in [0.3, 0.4) is 0 Å². The summed E-state index contributed by atoms with van der Waals surface area (Å²) in [5.41, 5.74) is 3.66. The molecule has 0 unspecified atom stereocenters.